The lowest BCUT2D eigenvalue weighted by Gasteiger charge is -2.41. The second-order valence-electron chi connectivity index (χ2n) is 8.47. The number of hydrogen-bond donors (Lipinski definition) is 2. The monoisotopic (exact) mass is 508 g/mol. The zero-order valence-electron chi connectivity index (χ0n) is 20.1. The maximum absolute atomic E-state index is 11.8. The van der Waals surface area contributed by atoms with Gasteiger partial charge in [-0.15, -0.1) is 4.41 Å². The van der Waals surface area contributed by atoms with Crippen molar-refractivity contribution in [1.29, 1.82) is 0 Å². The van der Waals surface area contributed by atoms with Gasteiger partial charge in [0.2, 0.25) is 17.1 Å². The molecule has 0 radical (unpaired) electrons. The van der Waals surface area contributed by atoms with E-state index in [0.717, 1.165) is 27.6 Å². The van der Waals surface area contributed by atoms with Gasteiger partial charge in [0.25, 0.3) is 0 Å². The summed E-state index contributed by atoms with van der Waals surface area (Å²) in [6.07, 6.45) is 1.51. The molecule has 0 amide bonds. The molecule has 1 aliphatic rings. The molecule has 10 heteroatoms. The number of pyridine rings is 1. The van der Waals surface area contributed by atoms with Crippen molar-refractivity contribution in [2.24, 2.45) is 0 Å². The van der Waals surface area contributed by atoms with Gasteiger partial charge in [-0.1, -0.05) is 17.9 Å². The molecular weight excluding hydrogens is 480 g/mol. The largest absolute Gasteiger partial charge is 0.481 e. The molecule has 2 unspecified atom stereocenters. The van der Waals surface area contributed by atoms with Crippen LogP contribution in [0.15, 0.2) is 54.7 Å². The minimum atomic E-state index is -2.28. The Kier molecular flexibility index (Phi) is 8.18. The molecular formula is C26H28N4O5S. The second-order valence-corrected chi connectivity index (χ2v) is 9.31. The Labute approximate surface area is 212 Å². The number of benzene rings is 2. The summed E-state index contributed by atoms with van der Waals surface area (Å²) in [5.74, 6) is 5.98. The lowest BCUT2D eigenvalue weighted by Crippen LogP contribution is -2.57. The average Bonchev–Trinajstić information content (AvgIpc) is 2.87. The molecule has 188 valence electrons. The van der Waals surface area contributed by atoms with Gasteiger partial charge < -0.3 is 14.7 Å². The maximum atomic E-state index is 11.8. The lowest BCUT2D eigenvalue weighted by molar-refractivity contribution is -0.139. The van der Waals surface area contributed by atoms with Gasteiger partial charge in [0.05, 0.1) is 13.5 Å². The lowest BCUT2D eigenvalue weighted by atomic mass is 10.1. The molecule has 2 N–H and O–H groups in total. The fourth-order valence-corrected chi connectivity index (χ4v) is 5.04. The number of rotatable bonds is 7. The van der Waals surface area contributed by atoms with E-state index in [1.165, 1.54) is 4.41 Å². The summed E-state index contributed by atoms with van der Waals surface area (Å²) in [5.41, 5.74) is 2.80. The topological polar surface area (TPSA) is 106 Å². The first-order chi connectivity index (χ1) is 17.4. The predicted molar refractivity (Wildman–Crippen MR) is 139 cm³/mol. The Hall–Kier alpha value is -3.49. The fourth-order valence-electron chi connectivity index (χ4n) is 4.30. The normalized spacial score (nSPS) is 15.8. The summed E-state index contributed by atoms with van der Waals surface area (Å²) >= 11 is -2.28. The fraction of sp³-hybridized carbons (Fsp3) is 0.308. The van der Waals surface area contributed by atoms with Crippen LogP contribution in [0.5, 0.6) is 5.88 Å². The number of carboxylic acid groups (broad SMARTS) is 1. The van der Waals surface area contributed by atoms with E-state index in [1.807, 2.05) is 48.5 Å². The number of ether oxygens (including phenoxy) is 1. The van der Waals surface area contributed by atoms with Crippen molar-refractivity contribution in [3.63, 3.8) is 0 Å². The van der Waals surface area contributed by atoms with Crippen LogP contribution in [0.1, 0.15) is 24.5 Å². The second kappa shape index (κ2) is 11.5. The van der Waals surface area contributed by atoms with E-state index < -0.39 is 23.3 Å². The number of piperazine rings is 1. The number of carbonyl (C=O) groups is 1. The van der Waals surface area contributed by atoms with Gasteiger partial charge in [0.15, 0.2) is 0 Å². The van der Waals surface area contributed by atoms with Crippen molar-refractivity contribution in [2.75, 3.05) is 38.2 Å². The number of hydrazine groups is 1. The van der Waals surface area contributed by atoms with Crippen molar-refractivity contribution >= 4 is 33.7 Å². The molecule has 0 bridgehead atoms. The highest BCUT2D eigenvalue weighted by Crippen LogP contribution is 2.24. The minimum absolute atomic E-state index is 0.210. The van der Waals surface area contributed by atoms with Gasteiger partial charge in [-0.2, -0.15) is 0 Å². The van der Waals surface area contributed by atoms with Crippen molar-refractivity contribution in [2.45, 2.75) is 19.4 Å². The van der Waals surface area contributed by atoms with Crippen LogP contribution in [0.2, 0.25) is 0 Å². The number of hydrogen-bond acceptors (Lipinski definition) is 6. The number of aliphatic carboxylic acids is 1. The molecule has 4 rings (SSSR count). The first-order valence-corrected chi connectivity index (χ1v) is 12.6. The van der Waals surface area contributed by atoms with Crippen LogP contribution in [0.4, 0.5) is 5.69 Å². The van der Waals surface area contributed by atoms with E-state index in [2.05, 4.69) is 21.7 Å². The molecule has 36 heavy (non-hydrogen) atoms. The Morgan fingerprint density at radius 2 is 1.78 bits per heavy atom. The number of anilines is 1. The molecule has 0 saturated carbocycles. The van der Waals surface area contributed by atoms with E-state index in [4.69, 9.17) is 9.84 Å². The Morgan fingerprint density at radius 3 is 2.42 bits per heavy atom. The van der Waals surface area contributed by atoms with Crippen LogP contribution in [-0.4, -0.2) is 73.6 Å². The molecule has 2 heterocycles. The first kappa shape index (κ1) is 25.6. The first-order valence-electron chi connectivity index (χ1n) is 11.5. The molecule has 0 aliphatic carbocycles. The van der Waals surface area contributed by atoms with Gasteiger partial charge in [0, 0.05) is 60.6 Å². The van der Waals surface area contributed by atoms with Crippen LogP contribution in [-0.2, 0) is 16.1 Å². The molecule has 2 atom stereocenters. The molecule has 1 aromatic heterocycles. The van der Waals surface area contributed by atoms with E-state index in [1.54, 1.807) is 25.2 Å². The van der Waals surface area contributed by atoms with E-state index in [9.17, 15) is 13.6 Å². The summed E-state index contributed by atoms with van der Waals surface area (Å²) < 4.78 is 28.1. The summed E-state index contributed by atoms with van der Waals surface area (Å²) in [5, 5.41) is 12.8. The smallest absolute Gasteiger partial charge is 0.305 e. The van der Waals surface area contributed by atoms with Crippen LogP contribution in [0.25, 0.3) is 10.8 Å². The maximum Gasteiger partial charge on any atom is 0.305 e. The van der Waals surface area contributed by atoms with Crippen molar-refractivity contribution in [3.8, 4) is 17.7 Å². The Balaban J connectivity index is 1.40. The standard InChI is InChI=1S/C26H28N4O5S/c1-19(17-25(31)32)30(36(33)34)29-15-13-28(14-16-29)23-9-6-20(7-10-23)3-4-21-5-8-22-11-12-27-26(35-2)24(22)18-21/h5-12,18-19H,13-17H2,1-2H3,(H,31,32)(H,33,34). The molecule has 9 nitrogen and oxygen atoms in total. The predicted octanol–water partition coefficient (Wildman–Crippen LogP) is 2.98. The van der Waals surface area contributed by atoms with Crippen LogP contribution in [0.3, 0.4) is 0 Å². The third-order valence-electron chi connectivity index (χ3n) is 6.05. The highest BCUT2D eigenvalue weighted by molar-refractivity contribution is 7.76. The zero-order valence-corrected chi connectivity index (χ0v) is 20.9. The quantitative estimate of drug-likeness (QED) is 0.371. The highest BCUT2D eigenvalue weighted by atomic mass is 32.2. The number of methoxy groups -OCH3 is 1. The molecule has 3 aromatic rings. The van der Waals surface area contributed by atoms with Crippen LogP contribution in [0, 0.1) is 11.8 Å². The summed E-state index contributed by atoms with van der Waals surface area (Å²) in [4.78, 5) is 17.5. The molecule has 1 aliphatic heterocycles. The number of carboxylic acids is 1. The van der Waals surface area contributed by atoms with Gasteiger partial charge in [-0.25, -0.2) is 14.2 Å². The Bertz CT molecular complexity index is 1310. The summed E-state index contributed by atoms with van der Waals surface area (Å²) in [6, 6.07) is 15.3. The average molecular weight is 509 g/mol. The zero-order chi connectivity index (χ0) is 25.7. The van der Waals surface area contributed by atoms with E-state index >= 15 is 0 Å². The van der Waals surface area contributed by atoms with Crippen LogP contribution >= 0.6 is 0 Å². The van der Waals surface area contributed by atoms with Gasteiger partial charge in [-0.3, -0.25) is 9.35 Å². The van der Waals surface area contributed by atoms with Gasteiger partial charge in [0.1, 0.15) is 0 Å². The van der Waals surface area contributed by atoms with Crippen molar-refractivity contribution < 1.29 is 23.4 Å². The molecule has 0 spiro atoms. The van der Waals surface area contributed by atoms with Gasteiger partial charge >= 0.3 is 5.97 Å². The van der Waals surface area contributed by atoms with Gasteiger partial charge in [-0.05, 0) is 54.8 Å². The van der Waals surface area contributed by atoms with E-state index in [0.29, 0.717) is 32.1 Å². The Morgan fingerprint density at radius 1 is 1.11 bits per heavy atom. The third kappa shape index (κ3) is 6.01. The van der Waals surface area contributed by atoms with Crippen LogP contribution < -0.4 is 9.64 Å². The summed E-state index contributed by atoms with van der Waals surface area (Å²) in [7, 11) is 1.60. The molecule has 1 fully saturated rings. The third-order valence-corrected chi connectivity index (χ3v) is 6.96. The minimum Gasteiger partial charge on any atom is -0.481 e. The SMILES string of the molecule is COc1nccc2ccc(C#Cc3ccc(N4CCN(N(C(C)CC(=O)O)S(=O)O)CC4)cc3)cc12. The van der Waals surface area contributed by atoms with Crippen molar-refractivity contribution in [3.05, 3.63) is 65.9 Å². The number of fused-ring (bicyclic) bond motifs is 1. The number of aromatic nitrogens is 1. The van der Waals surface area contributed by atoms with E-state index in [-0.39, 0.29) is 6.42 Å². The highest BCUT2D eigenvalue weighted by Gasteiger charge is 2.30. The molecule has 1 saturated heterocycles. The van der Waals surface area contributed by atoms with Crippen molar-refractivity contribution in [1.82, 2.24) is 14.4 Å². The summed E-state index contributed by atoms with van der Waals surface area (Å²) in [6.45, 7) is 3.95. The molecule has 2 aromatic carbocycles. The number of nitrogens with zero attached hydrogens (tertiary/aromatic N) is 4.